The second-order valence-electron chi connectivity index (χ2n) is 6.25. The highest BCUT2D eigenvalue weighted by molar-refractivity contribution is 5.99. The molecule has 1 aliphatic heterocycles. The largest absolute Gasteiger partial charge is 0.352 e. The minimum Gasteiger partial charge on any atom is -0.352 e. The zero-order chi connectivity index (χ0) is 15.9. The van der Waals surface area contributed by atoms with Gasteiger partial charge in [-0.25, -0.2) is 0 Å². The third kappa shape index (κ3) is 4.55. The Kier molecular flexibility index (Phi) is 5.92. The van der Waals surface area contributed by atoms with Crippen LogP contribution in [0.3, 0.4) is 0 Å². The lowest BCUT2D eigenvalue weighted by Gasteiger charge is -2.26. The number of carbonyl (C=O) groups is 2. The quantitative estimate of drug-likeness (QED) is 0.909. The summed E-state index contributed by atoms with van der Waals surface area (Å²) in [5, 5.41) is 2.87. The van der Waals surface area contributed by atoms with E-state index in [0.717, 1.165) is 32.4 Å². The molecule has 0 spiro atoms. The Hall–Kier alpha value is -1.91. The maximum Gasteiger partial charge on any atom is 0.255 e. The topological polar surface area (TPSA) is 62.3 Å². The van der Waals surface area contributed by atoms with Gasteiger partial charge < -0.3 is 10.2 Å². The number of nitrogens with one attached hydrogen (secondary N) is 1. The van der Waals surface area contributed by atoms with Crippen LogP contribution in [0, 0.1) is 5.92 Å². The number of carbonyl (C=O) groups excluding carboxylic acids is 2. The molecule has 0 aliphatic carbocycles. The number of nitrogens with zero attached hydrogens (tertiary/aromatic N) is 2. The third-order valence-corrected chi connectivity index (χ3v) is 3.90. The fourth-order valence-electron chi connectivity index (χ4n) is 2.54. The van der Waals surface area contributed by atoms with Crippen LogP contribution >= 0.6 is 0 Å². The molecule has 22 heavy (non-hydrogen) atoms. The zero-order valence-corrected chi connectivity index (χ0v) is 13.5. The Morgan fingerprint density at radius 2 is 1.86 bits per heavy atom. The predicted octanol–water partition coefficient (Wildman–Crippen LogP) is 2.48. The van der Waals surface area contributed by atoms with Crippen molar-refractivity contribution in [2.24, 2.45) is 5.92 Å². The Labute approximate surface area is 132 Å². The molecule has 1 N–H and O–H groups in total. The number of hydrogen-bond acceptors (Lipinski definition) is 3. The minimum atomic E-state index is -0.165. The smallest absolute Gasteiger partial charge is 0.255 e. The molecule has 1 fully saturated rings. The van der Waals surface area contributed by atoms with E-state index in [1.165, 1.54) is 12.6 Å². The summed E-state index contributed by atoms with van der Waals surface area (Å²) in [6, 6.07) is 1.65. The standard InChI is InChI=1S/C17H25N3O2/c1-13(2)6-7-19-16(21)14-10-15(12-18-11-14)17(22)20-8-4-3-5-9-20/h10-13H,3-9H2,1-2H3,(H,19,21). The van der Waals surface area contributed by atoms with Gasteiger partial charge in [0.1, 0.15) is 0 Å². The number of amides is 2. The molecule has 1 aliphatic rings. The van der Waals surface area contributed by atoms with Gasteiger partial charge in [-0.15, -0.1) is 0 Å². The molecule has 2 rings (SSSR count). The van der Waals surface area contributed by atoms with Crippen LogP contribution in [0.15, 0.2) is 18.5 Å². The molecule has 1 aromatic heterocycles. The number of hydrogen-bond donors (Lipinski definition) is 1. The van der Waals surface area contributed by atoms with Crippen LogP contribution in [0.4, 0.5) is 0 Å². The first kappa shape index (κ1) is 16.5. The summed E-state index contributed by atoms with van der Waals surface area (Å²) >= 11 is 0. The van der Waals surface area contributed by atoms with Gasteiger partial charge >= 0.3 is 0 Å². The summed E-state index contributed by atoms with van der Waals surface area (Å²) in [5.41, 5.74) is 0.949. The maximum atomic E-state index is 12.4. The average molecular weight is 303 g/mol. The normalized spacial score (nSPS) is 15.0. The molecule has 1 aromatic rings. The van der Waals surface area contributed by atoms with E-state index in [1.54, 1.807) is 12.3 Å². The fourth-order valence-corrected chi connectivity index (χ4v) is 2.54. The molecule has 5 nitrogen and oxygen atoms in total. The molecule has 120 valence electrons. The molecule has 0 saturated carbocycles. The van der Waals surface area contributed by atoms with Gasteiger partial charge in [0.15, 0.2) is 0 Å². The van der Waals surface area contributed by atoms with Crippen molar-refractivity contribution in [3.8, 4) is 0 Å². The molecule has 0 radical (unpaired) electrons. The van der Waals surface area contributed by atoms with Crippen molar-refractivity contribution in [2.45, 2.75) is 39.5 Å². The molecule has 5 heteroatoms. The van der Waals surface area contributed by atoms with Crippen LogP contribution in [0.1, 0.15) is 60.2 Å². The van der Waals surface area contributed by atoms with Crippen LogP contribution in [0.2, 0.25) is 0 Å². The molecular weight excluding hydrogens is 278 g/mol. The molecule has 2 heterocycles. The van der Waals surface area contributed by atoms with E-state index in [9.17, 15) is 9.59 Å². The number of aromatic nitrogens is 1. The molecular formula is C17H25N3O2. The molecule has 2 amide bonds. The first-order valence-electron chi connectivity index (χ1n) is 8.10. The zero-order valence-electron chi connectivity index (χ0n) is 13.5. The van der Waals surface area contributed by atoms with Crippen LogP contribution in [-0.4, -0.2) is 41.3 Å². The highest BCUT2D eigenvalue weighted by atomic mass is 16.2. The van der Waals surface area contributed by atoms with Crippen LogP contribution in [0.25, 0.3) is 0 Å². The Bertz CT molecular complexity index is 522. The summed E-state index contributed by atoms with van der Waals surface area (Å²) in [7, 11) is 0. The molecule has 0 bridgehead atoms. The van der Waals surface area contributed by atoms with Crippen molar-refractivity contribution in [2.75, 3.05) is 19.6 Å². The van der Waals surface area contributed by atoms with Crippen LogP contribution in [0.5, 0.6) is 0 Å². The van der Waals surface area contributed by atoms with E-state index in [0.29, 0.717) is 23.6 Å². The van der Waals surface area contributed by atoms with Crippen molar-refractivity contribution in [1.82, 2.24) is 15.2 Å². The van der Waals surface area contributed by atoms with Crippen molar-refractivity contribution >= 4 is 11.8 Å². The summed E-state index contributed by atoms with van der Waals surface area (Å²) < 4.78 is 0. The van der Waals surface area contributed by atoms with Crippen LogP contribution in [-0.2, 0) is 0 Å². The van der Waals surface area contributed by atoms with Crippen molar-refractivity contribution in [3.63, 3.8) is 0 Å². The number of piperidine rings is 1. The van der Waals surface area contributed by atoms with Gasteiger partial charge in [0.2, 0.25) is 0 Å². The molecule has 0 aromatic carbocycles. The van der Waals surface area contributed by atoms with Gasteiger partial charge in [-0.3, -0.25) is 14.6 Å². The van der Waals surface area contributed by atoms with E-state index in [2.05, 4.69) is 24.1 Å². The Morgan fingerprint density at radius 3 is 2.55 bits per heavy atom. The monoisotopic (exact) mass is 303 g/mol. The number of likely N-dealkylation sites (tertiary alicyclic amines) is 1. The first-order valence-corrected chi connectivity index (χ1v) is 8.10. The van der Waals surface area contributed by atoms with E-state index < -0.39 is 0 Å². The van der Waals surface area contributed by atoms with E-state index in [1.807, 2.05) is 4.90 Å². The van der Waals surface area contributed by atoms with Crippen molar-refractivity contribution in [3.05, 3.63) is 29.6 Å². The minimum absolute atomic E-state index is 0.0240. The SMILES string of the molecule is CC(C)CCNC(=O)c1cncc(C(=O)N2CCCCC2)c1. The van der Waals surface area contributed by atoms with E-state index in [-0.39, 0.29) is 11.8 Å². The van der Waals surface area contributed by atoms with Gasteiger partial charge in [0.25, 0.3) is 11.8 Å². The number of pyridine rings is 1. The fraction of sp³-hybridized carbons (Fsp3) is 0.588. The van der Waals surface area contributed by atoms with Gasteiger partial charge in [0.05, 0.1) is 11.1 Å². The average Bonchev–Trinajstić information content (AvgIpc) is 2.54. The van der Waals surface area contributed by atoms with Crippen molar-refractivity contribution < 1.29 is 9.59 Å². The first-order chi connectivity index (χ1) is 10.6. The lowest BCUT2D eigenvalue weighted by Crippen LogP contribution is -2.35. The van der Waals surface area contributed by atoms with E-state index in [4.69, 9.17) is 0 Å². The molecule has 1 saturated heterocycles. The van der Waals surface area contributed by atoms with Gasteiger partial charge in [-0.2, -0.15) is 0 Å². The summed E-state index contributed by atoms with van der Waals surface area (Å²) in [5.74, 6) is 0.357. The second kappa shape index (κ2) is 7.92. The Morgan fingerprint density at radius 1 is 1.18 bits per heavy atom. The third-order valence-electron chi connectivity index (χ3n) is 3.90. The van der Waals surface area contributed by atoms with Gasteiger partial charge in [0, 0.05) is 32.0 Å². The summed E-state index contributed by atoms with van der Waals surface area (Å²) in [4.78, 5) is 30.4. The molecule has 0 atom stereocenters. The van der Waals surface area contributed by atoms with E-state index >= 15 is 0 Å². The summed E-state index contributed by atoms with van der Waals surface area (Å²) in [6.45, 7) is 6.46. The van der Waals surface area contributed by atoms with Crippen molar-refractivity contribution in [1.29, 1.82) is 0 Å². The molecule has 0 unspecified atom stereocenters. The van der Waals surface area contributed by atoms with Crippen LogP contribution < -0.4 is 5.32 Å². The van der Waals surface area contributed by atoms with Gasteiger partial charge in [-0.05, 0) is 37.7 Å². The summed E-state index contributed by atoms with van der Waals surface area (Å²) in [6.07, 6.45) is 7.27. The Balaban J connectivity index is 1.99. The number of rotatable bonds is 5. The maximum absolute atomic E-state index is 12.4. The highest BCUT2D eigenvalue weighted by Crippen LogP contribution is 2.13. The highest BCUT2D eigenvalue weighted by Gasteiger charge is 2.19. The van der Waals surface area contributed by atoms with Gasteiger partial charge in [-0.1, -0.05) is 13.8 Å². The predicted molar refractivity (Wildman–Crippen MR) is 85.8 cm³/mol. The lowest BCUT2D eigenvalue weighted by molar-refractivity contribution is 0.0724. The second-order valence-corrected chi connectivity index (χ2v) is 6.25. The lowest BCUT2D eigenvalue weighted by atomic mass is 10.1.